The van der Waals surface area contributed by atoms with Crippen molar-refractivity contribution in [3.05, 3.63) is 30.3 Å². The largest absolute Gasteiger partial charge is 0.316 e. The van der Waals surface area contributed by atoms with Gasteiger partial charge >= 0.3 is 0 Å². The third-order valence-corrected chi connectivity index (χ3v) is 6.30. The minimum Gasteiger partial charge on any atom is -0.316 e. The van der Waals surface area contributed by atoms with Crippen LogP contribution in [0.15, 0.2) is 35.2 Å². The number of sulfonamides is 1. The quantitative estimate of drug-likeness (QED) is 0.857. The van der Waals surface area contributed by atoms with E-state index in [1.807, 2.05) is 6.07 Å². The van der Waals surface area contributed by atoms with Gasteiger partial charge < -0.3 is 10.2 Å². The van der Waals surface area contributed by atoms with Crippen LogP contribution in [0.3, 0.4) is 0 Å². The van der Waals surface area contributed by atoms with Crippen LogP contribution in [0.1, 0.15) is 6.42 Å². The molecule has 5 nitrogen and oxygen atoms in total. The molecule has 23 heavy (non-hydrogen) atoms. The Labute approximate surface area is 151 Å². The normalized spacial score (nSPS) is 23.0. The van der Waals surface area contributed by atoms with Gasteiger partial charge in [0.1, 0.15) is 0 Å². The summed E-state index contributed by atoms with van der Waals surface area (Å²) < 4.78 is 26.7. The molecule has 0 bridgehead atoms. The molecule has 0 amide bonds. The molecular weight excluding hydrogens is 357 g/mol. The Bertz CT molecular complexity index is 557. The summed E-state index contributed by atoms with van der Waals surface area (Å²) in [6.45, 7) is 6.17. The van der Waals surface area contributed by atoms with Gasteiger partial charge in [-0.15, -0.1) is 24.8 Å². The van der Waals surface area contributed by atoms with Crippen LogP contribution in [-0.2, 0) is 10.0 Å². The maximum atomic E-state index is 12.5. The molecule has 1 unspecified atom stereocenters. The van der Waals surface area contributed by atoms with Crippen LogP contribution >= 0.6 is 24.8 Å². The second-order valence-electron chi connectivity index (χ2n) is 5.88. The molecule has 2 aliphatic heterocycles. The van der Waals surface area contributed by atoms with Crippen molar-refractivity contribution in [2.24, 2.45) is 5.92 Å². The zero-order valence-electron chi connectivity index (χ0n) is 13.1. The van der Waals surface area contributed by atoms with Crippen LogP contribution < -0.4 is 5.32 Å². The summed E-state index contributed by atoms with van der Waals surface area (Å²) in [7, 11) is -3.32. The van der Waals surface area contributed by atoms with Crippen molar-refractivity contribution in [1.82, 2.24) is 14.5 Å². The van der Waals surface area contributed by atoms with Crippen molar-refractivity contribution in [2.45, 2.75) is 11.3 Å². The number of hydrogen-bond acceptors (Lipinski definition) is 4. The molecule has 2 saturated heterocycles. The Morgan fingerprint density at radius 3 is 2.26 bits per heavy atom. The van der Waals surface area contributed by atoms with Gasteiger partial charge in [-0.25, -0.2) is 8.42 Å². The molecule has 0 spiro atoms. The van der Waals surface area contributed by atoms with Crippen molar-refractivity contribution >= 4 is 34.8 Å². The molecule has 3 rings (SSSR count). The van der Waals surface area contributed by atoms with Crippen LogP contribution in [-0.4, -0.2) is 63.4 Å². The maximum absolute atomic E-state index is 12.5. The van der Waals surface area contributed by atoms with Gasteiger partial charge in [-0.1, -0.05) is 18.2 Å². The van der Waals surface area contributed by atoms with Gasteiger partial charge in [0.05, 0.1) is 4.90 Å². The predicted octanol–water partition coefficient (Wildman–Crippen LogP) is 1.45. The molecule has 2 fully saturated rings. The number of nitrogens with zero attached hydrogens (tertiary/aromatic N) is 2. The average molecular weight is 382 g/mol. The minimum atomic E-state index is -3.32. The van der Waals surface area contributed by atoms with Crippen LogP contribution in [0.25, 0.3) is 0 Å². The van der Waals surface area contributed by atoms with Crippen molar-refractivity contribution in [3.8, 4) is 0 Å². The second-order valence-corrected chi connectivity index (χ2v) is 7.81. The van der Waals surface area contributed by atoms with Gasteiger partial charge in [0.15, 0.2) is 0 Å². The summed E-state index contributed by atoms with van der Waals surface area (Å²) in [4.78, 5) is 2.80. The molecule has 0 aliphatic carbocycles. The van der Waals surface area contributed by atoms with E-state index in [1.165, 1.54) is 6.42 Å². The molecule has 1 aromatic carbocycles. The van der Waals surface area contributed by atoms with E-state index in [4.69, 9.17) is 0 Å². The highest BCUT2D eigenvalue weighted by Crippen LogP contribution is 2.18. The Balaban J connectivity index is 0.00000132. The number of piperazine rings is 1. The first-order valence-electron chi connectivity index (χ1n) is 7.64. The van der Waals surface area contributed by atoms with E-state index in [9.17, 15) is 8.42 Å². The van der Waals surface area contributed by atoms with Crippen LogP contribution in [0.2, 0.25) is 0 Å². The maximum Gasteiger partial charge on any atom is 0.243 e. The lowest BCUT2D eigenvalue weighted by molar-refractivity contribution is 0.168. The van der Waals surface area contributed by atoms with Crippen LogP contribution in [0, 0.1) is 5.92 Å². The molecule has 132 valence electrons. The van der Waals surface area contributed by atoms with E-state index in [0.29, 0.717) is 18.0 Å². The summed E-state index contributed by atoms with van der Waals surface area (Å²) in [5.74, 6) is 0.724. The Kier molecular flexibility index (Phi) is 8.27. The van der Waals surface area contributed by atoms with Crippen molar-refractivity contribution in [2.75, 3.05) is 45.8 Å². The zero-order chi connectivity index (χ0) is 14.7. The topological polar surface area (TPSA) is 52.7 Å². The summed E-state index contributed by atoms with van der Waals surface area (Å²) in [5, 5.41) is 3.38. The minimum absolute atomic E-state index is 0. The Morgan fingerprint density at radius 1 is 1.04 bits per heavy atom. The lowest BCUT2D eigenvalue weighted by Gasteiger charge is -2.35. The third-order valence-electron chi connectivity index (χ3n) is 4.39. The first kappa shape index (κ1) is 20.7. The third kappa shape index (κ3) is 5.05. The molecule has 0 aromatic heterocycles. The van der Waals surface area contributed by atoms with Gasteiger partial charge in [-0.2, -0.15) is 4.31 Å². The molecule has 2 heterocycles. The summed E-state index contributed by atoms with van der Waals surface area (Å²) in [5.41, 5.74) is 0. The molecule has 1 atom stereocenters. The number of hydrogen-bond donors (Lipinski definition) is 1. The van der Waals surface area contributed by atoms with E-state index < -0.39 is 10.0 Å². The number of benzene rings is 1. The van der Waals surface area contributed by atoms with E-state index in [1.54, 1.807) is 28.6 Å². The van der Waals surface area contributed by atoms with Gasteiger partial charge in [0, 0.05) is 32.7 Å². The number of rotatable bonds is 4. The highest BCUT2D eigenvalue weighted by Gasteiger charge is 2.29. The predicted molar refractivity (Wildman–Crippen MR) is 97.1 cm³/mol. The number of nitrogens with one attached hydrogen (secondary N) is 1. The van der Waals surface area contributed by atoms with Gasteiger partial charge in [0.25, 0.3) is 0 Å². The van der Waals surface area contributed by atoms with E-state index in [-0.39, 0.29) is 24.8 Å². The van der Waals surface area contributed by atoms with Crippen LogP contribution in [0.5, 0.6) is 0 Å². The Hall–Kier alpha value is -0.370. The highest BCUT2D eigenvalue weighted by molar-refractivity contribution is 7.89. The van der Waals surface area contributed by atoms with Crippen molar-refractivity contribution in [3.63, 3.8) is 0 Å². The van der Waals surface area contributed by atoms with Crippen LogP contribution in [0.4, 0.5) is 0 Å². The standard InChI is InChI=1S/C15H23N3O2S.2ClH/c19-21(20,15-4-2-1-3-5-15)18-10-8-17(9-11-18)13-14-6-7-16-12-14;;/h1-5,14,16H,6-13H2;2*1H. The fourth-order valence-corrected chi connectivity index (χ4v) is 4.57. The Morgan fingerprint density at radius 2 is 1.70 bits per heavy atom. The van der Waals surface area contributed by atoms with E-state index >= 15 is 0 Å². The summed E-state index contributed by atoms with van der Waals surface area (Å²) in [6.07, 6.45) is 1.24. The first-order valence-corrected chi connectivity index (χ1v) is 9.08. The van der Waals surface area contributed by atoms with E-state index in [0.717, 1.165) is 38.6 Å². The second kappa shape index (κ2) is 9.20. The van der Waals surface area contributed by atoms with Gasteiger partial charge in [-0.3, -0.25) is 0 Å². The fourth-order valence-electron chi connectivity index (χ4n) is 3.13. The monoisotopic (exact) mass is 381 g/mol. The summed E-state index contributed by atoms with van der Waals surface area (Å²) in [6, 6.07) is 8.73. The zero-order valence-corrected chi connectivity index (χ0v) is 15.5. The smallest absolute Gasteiger partial charge is 0.243 e. The van der Waals surface area contributed by atoms with Crippen molar-refractivity contribution in [1.29, 1.82) is 0 Å². The number of halogens is 2. The summed E-state index contributed by atoms with van der Waals surface area (Å²) >= 11 is 0. The van der Waals surface area contributed by atoms with Gasteiger partial charge in [-0.05, 0) is 37.6 Å². The molecule has 1 aromatic rings. The molecule has 0 radical (unpaired) electrons. The first-order chi connectivity index (χ1) is 10.2. The molecule has 8 heteroatoms. The average Bonchev–Trinajstić information content (AvgIpc) is 3.02. The van der Waals surface area contributed by atoms with E-state index in [2.05, 4.69) is 10.2 Å². The fraction of sp³-hybridized carbons (Fsp3) is 0.600. The highest BCUT2D eigenvalue weighted by atomic mass is 35.5. The SMILES string of the molecule is Cl.Cl.O=S(=O)(c1ccccc1)N1CCN(CC2CCNC2)CC1. The molecular formula is C15H25Cl2N3O2S. The molecule has 1 N–H and O–H groups in total. The lowest BCUT2D eigenvalue weighted by Crippen LogP contribution is -2.49. The molecule has 2 aliphatic rings. The lowest BCUT2D eigenvalue weighted by atomic mass is 10.1. The van der Waals surface area contributed by atoms with Gasteiger partial charge in [0.2, 0.25) is 10.0 Å². The molecule has 0 saturated carbocycles. The van der Waals surface area contributed by atoms with Crippen molar-refractivity contribution < 1.29 is 8.42 Å².